The molecule has 18 heavy (non-hydrogen) atoms. The molecule has 0 radical (unpaired) electrons. The molecule has 4 nitrogen and oxygen atoms in total. The average molecular weight is 253 g/mol. The molecular formula is C14H27N3O. The van der Waals surface area contributed by atoms with Gasteiger partial charge in [-0.2, -0.15) is 0 Å². The van der Waals surface area contributed by atoms with E-state index in [4.69, 9.17) is 5.73 Å². The Morgan fingerprint density at radius 1 is 1.39 bits per heavy atom. The number of carbonyl (C=O) groups is 1. The van der Waals surface area contributed by atoms with Gasteiger partial charge in [-0.25, -0.2) is 0 Å². The number of hydrogen-bond acceptors (Lipinski definition) is 3. The fourth-order valence-corrected chi connectivity index (χ4v) is 3.19. The van der Waals surface area contributed by atoms with Crippen LogP contribution in [0.25, 0.3) is 0 Å². The van der Waals surface area contributed by atoms with Gasteiger partial charge in [0.1, 0.15) is 0 Å². The van der Waals surface area contributed by atoms with Crippen LogP contribution in [0.4, 0.5) is 0 Å². The molecule has 0 bridgehead atoms. The van der Waals surface area contributed by atoms with Crippen molar-refractivity contribution in [1.82, 2.24) is 10.2 Å². The van der Waals surface area contributed by atoms with Crippen LogP contribution in [0.3, 0.4) is 0 Å². The van der Waals surface area contributed by atoms with E-state index in [9.17, 15) is 4.79 Å². The first-order valence-electron chi connectivity index (χ1n) is 7.31. The second kappa shape index (κ2) is 6.02. The summed E-state index contributed by atoms with van der Waals surface area (Å²) >= 11 is 0. The number of amides is 1. The molecule has 1 heterocycles. The maximum atomic E-state index is 12.1. The molecule has 4 atom stereocenters. The number of likely N-dealkylation sites (N-methyl/N-ethyl adjacent to an activating group) is 1. The highest BCUT2D eigenvalue weighted by Gasteiger charge is 2.30. The standard InChI is InChI=1S/C14H27N3O/c1-10-5-6-11(8-13(10)15)14(18)16-9-12-4-3-7-17(12)2/h10-13H,3-9,15H2,1-2H3,(H,16,18). The van der Waals surface area contributed by atoms with E-state index >= 15 is 0 Å². The zero-order valence-electron chi connectivity index (χ0n) is 11.7. The largest absolute Gasteiger partial charge is 0.354 e. The fraction of sp³-hybridized carbons (Fsp3) is 0.929. The van der Waals surface area contributed by atoms with Crippen LogP contribution in [0.5, 0.6) is 0 Å². The van der Waals surface area contributed by atoms with Gasteiger partial charge < -0.3 is 16.0 Å². The second-order valence-electron chi connectivity index (χ2n) is 6.17. The second-order valence-corrected chi connectivity index (χ2v) is 6.17. The number of nitrogens with zero attached hydrogens (tertiary/aromatic N) is 1. The first-order chi connectivity index (χ1) is 8.58. The summed E-state index contributed by atoms with van der Waals surface area (Å²) in [6.07, 6.45) is 5.40. The Morgan fingerprint density at radius 2 is 2.17 bits per heavy atom. The minimum Gasteiger partial charge on any atom is -0.354 e. The van der Waals surface area contributed by atoms with Crippen molar-refractivity contribution in [3.63, 3.8) is 0 Å². The zero-order chi connectivity index (χ0) is 13.1. The van der Waals surface area contributed by atoms with Crippen LogP contribution in [0.15, 0.2) is 0 Å². The molecule has 0 aromatic heterocycles. The molecule has 4 heteroatoms. The molecular weight excluding hydrogens is 226 g/mol. The van der Waals surface area contributed by atoms with Gasteiger partial charge in [-0.05, 0) is 51.6 Å². The van der Waals surface area contributed by atoms with Gasteiger partial charge in [0, 0.05) is 24.5 Å². The summed E-state index contributed by atoms with van der Waals surface area (Å²) in [6.45, 7) is 4.15. The van der Waals surface area contributed by atoms with Crippen LogP contribution in [0, 0.1) is 11.8 Å². The Kier molecular flexibility index (Phi) is 4.62. The average Bonchev–Trinajstić information content (AvgIpc) is 2.75. The van der Waals surface area contributed by atoms with Gasteiger partial charge in [0.15, 0.2) is 0 Å². The molecule has 2 fully saturated rings. The van der Waals surface area contributed by atoms with Crippen molar-refractivity contribution in [2.75, 3.05) is 20.1 Å². The van der Waals surface area contributed by atoms with Crippen LogP contribution in [-0.2, 0) is 4.79 Å². The molecule has 1 aliphatic heterocycles. The highest BCUT2D eigenvalue weighted by atomic mass is 16.1. The predicted molar refractivity (Wildman–Crippen MR) is 73.1 cm³/mol. The summed E-state index contributed by atoms with van der Waals surface area (Å²) in [5.41, 5.74) is 6.06. The summed E-state index contributed by atoms with van der Waals surface area (Å²) in [5.74, 6) is 0.926. The Labute approximate surface area is 110 Å². The lowest BCUT2D eigenvalue weighted by atomic mass is 9.79. The van der Waals surface area contributed by atoms with Crippen molar-refractivity contribution < 1.29 is 4.79 Å². The van der Waals surface area contributed by atoms with E-state index in [-0.39, 0.29) is 17.9 Å². The molecule has 4 unspecified atom stereocenters. The van der Waals surface area contributed by atoms with Crippen LogP contribution in [-0.4, -0.2) is 43.0 Å². The Morgan fingerprint density at radius 3 is 2.78 bits per heavy atom. The zero-order valence-corrected chi connectivity index (χ0v) is 11.7. The van der Waals surface area contributed by atoms with E-state index in [1.807, 2.05) is 0 Å². The molecule has 1 aliphatic carbocycles. The van der Waals surface area contributed by atoms with E-state index in [0.29, 0.717) is 12.0 Å². The lowest BCUT2D eigenvalue weighted by molar-refractivity contribution is -0.126. The molecule has 2 aliphatic rings. The van der Waals surface area contributed by atoms with E-state index in [2.05, 4.69) is 24.2 Å². The van der Waals surface area contributed by atoms with Crippen LogP contribution in [0.2, 0.25) is 0 Å². The van der Waals surface area contributed by atoms with E-state index in [1.165, 1.54) is 12.8 Å². The summed E-state index contributed by atoms with van der Waals surface area (Å²) < 4.78 is 0. The van der Waals surface area contributed by atoms with Crippen molar-refractivity contribution in [3.8, 4) is 0 Å². The Bertz CT molecular complexity index is 295. The van der Waals surface area contributed by atoms with Gasteiger partial charge in [0.2, 0.25) is 5.91 Å². The van der Waals surface area contributed by atoms with Crippen molar-refractivity contribution in [2.45, 2.75) is 51.1 Å². The monoisotopic (exact) mass is 253 g/mol. The predicted octanol–water partition coefficient (Wildman–Crippen LogP) is 0.960. The third kappa shape index (κ3) is 3.23. The maximum absolute atomic E-state index is 12.1. The Balaban J connectivity index is 1.74. The van der Waals surface area contributed by atoms with Gasteiger partial charge in [0.05, 0.1) is 0 Å². The molecule has 0 aromatic rings. The van der Waals surface area contributed by atoms with Gasteiger partial charge in [0.25, 0.3) is 0 Å². The molecule has 0 spiro atoms. The molecule has 104 valence electrons. The third-order valence-electron chi connectivity index (χ3n) is 4.81. The summed E-state index contributed by atoms with van der Waals surface area (Å²) in [4.78, 5) is 14.5. The number of carbonyl (C=O) groups excluding carboxylic acids is 1. The molecule has 2 rings (SSSR count). The van der Waals surface area contributed by atoms with Crippen LogP contribution >= 0.6 is 0 Å². The number of hydrogen-bond donors (Lipinski definition) is 2. The third-order valence-corrected chi connectivity index (χ3v) is 4.81. The van der Waals surface area contributed by atoms with Gasteiger partial charge in [-0.3, -0.25) is 4.79 Å². The molecule has 1 saturated carbocycles. The normalized spacial score (nSPS) is 37.7. The van der Waals surface area contributed by atoms with Gasteiger partial charge in [-0.15, -0.1) is 0 Å². The van der Waals surface area contributed by atoms with Crippen molar-refractivity contribution in [2.24, 2.45) is 17.6 Å². The quantitative estimate of drug-likeness (QED) is 0.787. The molecule has 0 aromatic carbocycles. The highest BCUT2D eigenvalue weighted by Crippen LogP contribution is 2.27. The molecule has 1 saturated heterocycles. The van der Waals surface area contributed by atoms with Crippen molar-refractivity contribution >= 4 is 5.91 Å². The van der Waals surface area contributed by atoms with Gasteiger partial charge >= 0.3 is 0 Å². The SMILES string of the molecule is CC1CCC(C(=O)NCC2CCCN2C)CC1N. The van der Waals surface area contributed by atoms with Crippen LogP contribution < -0.4 is 11.1 Å². The Hall–Kier alpha value is -0.610. The minimum atomic E-state index is 0.142. The molecule has 1 amide bonds. The van der Waals surface area contributed by atoms with E-state index < -0.39 is 0 Å². The van der Waals surface area contributed by atoms with Gasteiger partial charge in [-0.1, -0.05) is 6.92 Å². The van der Waals surface area contributed by atoms with Crippen LogP contribution in [0.1, 0.15) is 39.0 Å². The number of likely N-dealkylation sites (tertiary alicyclic amines) is 1. The topological polar surface area (TPSA) is 58.4 Å². The minimum absolute atomic E-state index is 0.142. The summed E-state index contributed by atoms with van der Waals surface area (Å²) in [5, 5.41) is 3.12. The number of rotatable bonds is 3. The number of nitrogens with two attached hydrogens (primary N) is 1. The lowest BCUT2D eigenvalue weighted by Gasteiger charge is -2.31. The van der Waals surface area contributed by atoms with Crippen molar-refractivity contribution in [3.05, 3.63) is 0 Å². The van der Waals surface area contributed by atoms with E-state index in [0.717, 1.165) is 32.4 Å². The maximum Gasteiger partial charge on any atom is 0.223 e. The highest BCUT2D eigenvalue weighted by molar-refractivity contribution is 5.78. The number of nitrogens with one attached hydrogen (secondary N) is 1. The van der Waals surface area contributed by atoms with E-state index in [1.54, 1.807) is 0 Å². The first kappa shape index (κ1) is 13.8. The fourth-order valence-electron chi connectivity index (χ4n) is 3.19. The lowest BCUT2D eigenvalue weighted by Crippen LogP contribution is -2.44. The molecule has 3 N–H and O–H groups in total. The van der Waals surface area contributed by atoms with Crippen molar-refractivity contribution in [1.29, 1.82) is 0 Å². The smallest absolute Gasteiger partial charge is 0.223 e. The summed E-state index contributed by atoms with van der Waals surface area (Å²) in [7, 11) is 2.14. The summed E-state index contributed by atoms with van der Waals surface area (Å²) in [6, 6.07) is 0.730. The first-order valence-corrected chi connectivity index (χ1v) is 7.31.